The van der Waals surface area contributed by atoms with Crippen LogP contribution in [0.25, 0.3) is 22.2 Å². The molecule has 0 aliphatic carbocycles. The molecule has 3 aromatic heterocycles. The van der Waals surface area contributed by atoms with Crippen LogP contribution in [-0.2, 0) is 20.5 Å². The molecule has 1 N–H and O–H groups in total. The van der Waals surface area contributed by atoms with E-state index in [1.54, 1.807) is 6.20 Å². The third-order valence-corrected chi connectivity index (χ3v) is 5.79. The summed E-state index contributed by atoms with van der Waals surface area (Å²) in [7, 11) is 3.84. The molecule has 154 valence electrons. The van der Waals surface area contributed by atoms with Gasteiger partial charge < -0.3 is 5.32 Å². The molecule has 0 aliphatic rings. The van der Waals surface area contributed by atoms with Gasteiger partial charge in [0.05, 0.1) is 28.7 Å². The first-order valence-electron chi connectivity index (χ1n) is 10.0. The first kappa shape index (κ1) is 19.8. The van der Waals surface area contributed by atoms with Gasteiger partial charge in [0.25, 0.3) is 5.91 Å². The fourth-order valence-corrected chi connectivity index (χ4v) is 3.83. The van der Waals surface area contributed by atoms with Gasteiger partial charge in [0, 0.05) is 43.0 Å². The number of fused-ring (bicyclic) bond motifs is 1. The van der Waals surface area contributed by atoms with Crippen LogP contribution in [-0.4, -0.2) is 37.0 Å². The average Bonchev–Trinajstić information content (AvgIpc) is 3.19. The van der Waals surface area contributed by atoms with Gasteiger partial charge in [-0.25, -0.2) is 4.98 Å². The van der Waals surface area contributed by atoms with E-state index in [0.29, 0.717) is 12.1 Å². The van der Waals surface area contributed by atoms with Gasteiger partial charge in [-0.1, -0.05) is 18.2 Å². The Labute approximate surface area is 175 Å². The number of aryl methyl sites for hydroxylation is 3. The molecule has 1 amide bonds. The van der Waals surface area contributed by atoms with Crippen LogP contribution in [0.1, 0.15) is 33.0 Å². The molecule has 0 saturated heterocycles. The molecule has 0 aliphatic heterocycles. The monoisotopic (exact) mass is 402 g/mol. The normalized spacial score (nSPS) is 11.2. The lowest BCUT2D eigenvalue weighted by atomic mass is 10.0. The molecule has 0 spiro atoms. The van der Waals surface area contributed by atoms with E-state index in [0.717, 1.165) is 45.7 Å². The maximum absolute atomic E-state index is 13.1. The number of nitrogens with one attached hydrogen (secondary N) is 1. The lowest BCUT2D eigenvalue weighted by Gasteiger charge is -2.11. The van der Waals surface area contributed by atoms with E-state index < -0.39 is 0 Å². The van der Waals surface area contributed by atoms with Gasteiger partial charge in [-0.2, -0.15) is 10.2 Å². The Morgan fingerprint density at radius 3 is 2.50 bits per heavy atom. The number of benzene rings is 1. The molecule has 30 heavy (non-hydrogen) atoms. The van der Waals surface area contributed by atoms with Gasteiger partial charge in [-0.3, -0.25) is 14.2 Å². The van der Waals surface area contributed by atoms with E-state index in [4.69, 9.17) is 4.98 Å². The van der Waals surface area contributed by atoms with Gasteiger partial charge in [0.1, 0.15) is 0 Å². The number of carbonyl (C=O) groups excluding carboxylic acids is 1. The molecule has 7 heteroatoms. The molecular formula is C23H26N6O. The van der Waals surface area contributed by atoms with Gasteiger partial charge >= 0.3 is 0 Å². The molecule has 4 aromatic rings. The zero-order valence-corrected chi connectivity index (χ0v) is 18.0. The molecule has 0 saturated carbocycles. The Bertz CT molecular complexity index is 1250. The largest absolute Gasteiger partial charge is 0.352 e. The van der Waals surface area contributed by atoms with Crippen molar-refractivity contribution in [3.05, 3.63) is 64.7 Å². The fraction of sp³-hybridized carbons (Fsp3) is 0.304. The number of para-hydroxylation sites is 1. The first-order chi connectivity index (χ1) is 14.4. The van der Waals surface area contributed by atoms with Crippen molar-refractivity contribution in [2.75, 3.05) is 6.54 Å². The zero-order valence-electron chi connectivity index (χ0n) is 18.0. The Morgan fingerprint density at radius 1 is 1.07 bits per heavy atom. The third-order valence-electron chi connectivity index (χ3n) is 5.79. The Kier molecular flexibility index (Phi) is 5.11. The predicted octanol–water partition coefficient (Wildman–Crippen LogP) is 3.27. The van der Waals surface area contributed by atoms with Crippen molar-refractivity contribution >= 4 is 16.8 Å². The molecule has 4 rings (SSSR count). The standard InChI is InChI=1S/C23H26N6O/c1-14-17(15(2)29(5)27-14)10-11-24-23(30)19-12-22(20-13-25-28(4)16(20)3)26-21-9-7-6-8-18(19)21/h6-9,12-13H,10-11H2,1-5H3,(H,24,30). The van der Waals surface area contributed by atoms with E-state index in [-0.39, 0.29) is 5.91 Å². The van der Waals surface area contributed by atoms with Crippen LogP contribution in [0.15, 0.2) is 36.5 Å². The van der Waals surface area contributed by atoms with E-state index in [1.165, 1.54) is 5.56 Å². The maximum atomic E-state index is 13.1. The third kappa shape index (κ3) is 3.47. The molecule has 1 aromatic carbocycles. The van der Waals surface area contributed by atoms with E-state index >= 15 is 0 Å². The number of rotatable bonds is 5. The molecule has 0 unspecified atom stereocenters. The van der Waals surface area contributed by atoms with Crippen LogP contribution in [0.3, 0.4) is 0 Å². The smallest absolute Gasteiger partial charge is 0.252 e. The SMILES string of the molecule is Cc1nn(C)c(C)c1CCNC(=O)c1cc(-c2cnn(C)c2C)nc2ccccc12. The highest BCUT2D eigenvalue weighted by Crippen LogP contribution is 2.26. The maximum Gasteiger partial charge on any atom is 0.252 e. The van der Waals surface area contributed by atoms with Crippen molar-refractivity contribution in [2.24, 2.45) is 14.1 Å². The summed E-state index contributed by atoms with van der Waals surface area (Å²) >= 11 is 0. The van der Waals surface area contributed by atoms with Crippen molar-refractivity contribution in [3.8, 4) is 11.3 Å². The van der Waals surface area contributed by atoms with Crippen molar-refractivity contribution < 1.29 is 4.79 Å². The van der Waals surface area contributed by atoms with Gasteiger partial charge in [-0.05, 0) is 44.9 Å². The Balaban J connectivity index is 1.63. The van der Waals surface area contributed by atoms with Crippen molar-refractivity contribution in [2.45, 2.75) is 27.2 Å². The van der Waals surface area contributed by atoms with Crippen LogP contribution in [0.2, 0.25) is 0 Å². The zero-order chi connectivity index (χ0) is 21.4. The number of aromatic nitrogens is 5. The van der Waals surface area contributed by atoms with Gasteiger partial charge in [-0.15, -0.1) is 0 Å². The summed E-state index contributed by atoms with van der Waals surface area (Å²) in [4.78, 5) is 17.9. The highest BCUT2D eigenvalue weighted by molar-refractivity contribution is 6.07. The van der Waals surface area contributed by atoms with Crippen LogP contribution in [0.4, 0.5) is 0 Å². The lowest BCUT2D eigenvalue weighted by molar-refractivity contribution is 0.0955. The van der Waals surface area contributed by atoms with Crippen LogP contribution >= 0.6 is 0 Å². The van der Waals surface area contributed by atoms with E-state index in [1.807, 2.05) is 67.6 Å². The number of carbonyl (C=O) groups is 1. The number of hydrogen-bond donors (Lipinski definition) is 1. The summed E-state index contributed by atoms with van der Waals surface area (Å²) in [5.41, 5.74) is 7.43. The predicted molar refractivity (Wildman–Crippen MR) is 117 cm³/mol. The molecule has 7 nitrogen and oxygen atoms in total. The molecule has 0 radical (unpaired) electrons. The molecule has 0 fully saturated rings. The van der Waals surface area contributed by atoms with Crippen LogP contribution in [0.5, 0.6) is 0 Å². The second kappa shape index (κ2) is 7.74. The van der Waals surface area contributed by atoms with E-state index in [2.05, 4.69) is 22.4 Å². The van der Waals surface area contributed by atoms with Crippen molar-refractivity contribution in [1.29, 1.82) is 0 Å². The summed E-state index contributed by atoms with van der Waals surface area (Å²) in [6, 6.07) is 9.60. The molecule has 0 bridgehead atoms. The quantitative estimate of drug-likeness (QED) is 0.556. The van der Waals surface area contributed by atoms with Crippen LogP contribution < -0.4 is 5.32 Å². The highest BCUT2D eigenvalue weighted by atomic mass is 16.1. The number of pyridine rings is 1. The van der Waals surface area contributed by atoms with Crippen molar-refractivity contribution in [3.63, 3.8) is 0 Å². The van der Waals surface area contributed by atoms with Crippen LogP contribution in [0, 0.1) is 20.8 Å². The minimum Gasteiger partial charge on any atom is -0.352 e. The second-order valence-electron chi connectivity index (χ2n) is 7.62. The summed E-state index contributed by atoms with van der Waals surface area (Å²) in [6.45, 7) is 6.60. The number of amides is 1. The summed E-state index contributed by atoms with van der Waals surface area (Å²) < 4.78 is 3.69. The first-order valence-corrected chi connectivity index (χ1v) is 10.0. The average molecular weight is 403 g/mol. The van der Waals surface area contributed by atoms with Gasteiger partial charge in [0.15, 0.2) is 0 Å². The highest BCUT2D eigenvalue weighted by Gasteiger charge is 2.16. The second-order valence-corrected chi connectivity index (χ2v) is 7.62. The Hall–Kier alpha value is -3.48. The summed E-state index contributed by atoms with van der Waals surface area (Å²) in [5.74, 6) is -0.101. The minimum atomic E-state index is -0.101. The molecular weight excluding hydrogens is 376 g/mol. The lowest BCUT2D eigenvalue weighted by Crippen LogP contribution is -2.26. The van der Waals surface area contributed by atoms with Crippen molar-refractivity contribution in [1.82, 2.24) is 29.9 Å². The summed E-state index contributed by atoms with van der Waals surface area (Å²) in [6.07, 6.45) is 2.54. The summed E-state index contributed by atoms with van der Waals surface area (Å²) in [5, 5.41) is 12.7. The fourth-order valence-electron chi connectivity index (χ4n) is 3.83. The molecule has 0 atom stereocenters. The minimum absolute atomic E-state index is 0.101. The topological polar surface area (TPSA) is 77.6 Å². The number of hydrogen-bond acceptors (Lipinski definition) is 4. The van der Waals surface area contributed by atoms with E-state index in [9.17, 15) is 4.79 Å². The Morgan fingerprint density at radius 2 is 1.83 bits per heavy atom. The molecule has 3 heterocycles. The van der Waals surface area contributed by atoms with Gasteiger partial charge in [0.2, 0.25) is 0 Å². The number of nitrogens with zero attached hydrogens (tertiary/aromatic N) is 5.